The number of benzene rings is 3. The molecule has 8 heteroatoms. The van der Waals surface area contributed by atoms with Gasteiger partial charge in [0.1, 0.15) is 23.3 Å². The van der Waals surface area contributed by atoms with Crippen LogP contribution in [0, 0.1) is 40.7 Å². The minimum absolute atomic E-state index is 0.0933. The van der Waals surface area contributed by atoms with Crippen molar-refractivity contribution in [3.05, 3.63) is 87.7 Å². The fraction of sp³-hybridized carbons (Fsp3) is 0.217. The summed E-state index contributed by atoms with van der Waals surface area (Å²) in [7, 11) is 0. The molecular formula is C23H16F7O. The highest BCUT2D eigenvalue weighted by Gasteiger charge is 2.26. The van der Waals surface area contributed by atoms with Crippen molar-refractivity contribution in [3.8, 4) is 16.9 Å². The van der Waals surface area contributed by atoms with Crippen LogP contribution in [0.25, 0.3) is 11.1 Å². The highest BCUT2D eigenvalue weighted by molar-refractivity contribution is 5.73. The van der Waals surface area contributed by atoms with Gasteiger partial charge in [-0.05, 0) is 54.7 Å². The monoisotopic (exact) mass is 441 g/mol. The summed E-state index contributed by atoms with van der Waals surface area (Å²) < 4.78 is 98.1. The Morgan fingerprint density at radius 3 is 1.65 bits per heavy atom. The lowest BCUT2D eigenvalue weighted by molar-refractivity contribution is 0.349. The van der Waals surface area contributed by atoms with Gasteiger partial charge in [-0.1, -0.05) is 13.3 Å². The van der Waals surface area contributed by atoms with Crippen LogP contribution < -0.4 is 0 Å². The molecule has 1 radical (unpaired) electrons. The van der Waals surface area contributed by atoms with Crippen LogP contribution in [-0.4, -0.2) is 0 Å². The van der Waals surface area contributed by atoms with Gasteiger partial charge in [-0.2, -0.15) is 0 Å². The second-order valence-electron chi connectivity index (χ2n) is 7.08. The third kappa shape index (κ3) is 4.52. The maximum absolute atomic E-state index is 15.0. The normalized spacial score (nSPS) is 11.2. The van der Waals surface area contributed by atoms with Crippen molar-refractivity contribution in [2.45, 2.75) is 32.6 Å². The molecule has 0 unspecified atom stereocenters. The first kappa shape index (κ1) is 22.7. The van der Waals surface area contributed by atoms with Gasteiger partial charge < -0.3 is 0 Å². The Bertz CT molecular complexity index is 1100. The maximum atomic E-state index is 15.0. The van der Waals surface area contributed by atoms with Gasteiger partial charge in [0.2, 0.25) is 0 Å². The zero-order valence-corrected chi connectivity index (χ0v) is 16.3. The zero-order valence-electron chi connectivity index (χ0n) is 16.3. The average molecular weight is 441 g/mol. The molecule has 3 rings (SSSR count). The molecule has 0 heterocycles. The van der Waals surface area contributed by atoms with Crippen molar-refractivity contribution in [2.24, 2.45) is 0 Å². The molecule has 0 aliphatic rings. The van der Waals surface area contributed by atoms with Gasteiger partial charge in [-0.25, -0.2) is 30.7 Å². The van der Waals surface area contributed by atoms with Crippen LogP contribution in [0.4, 0.5) is 30.7 Å². The van der Waals surface area contributed by atoms with Gasteiger partial charge in [0.25, 0.3) is 0 Å². The highest BCUT2D eigenvalue weighted by atomic mass is 19.2. The van der Waals surface area contributed by atoms with E-state index >= 15 is 4.39 Å². The Hall–Kier alpha value is -3.03. The Morgan fingerprint density at radius 1 is 0.581 bits per heavy atom. The summed E-state index contributed by atoms with van der Waals surface area (Å²) in [5.74, 6) is -10.9. The van der Waals surface area contributed by atoms with E-state index in [1.165, 1.54) is 0 Å². The van der Waals surface area contributed by atoms with Crippen LogP contribution in [0.1, 0.15) is 30.0 Å². The Balaban J connectivity index is 2.03. The summed E-state index contributed by atoms with van der Waals surface area (Å²) in [6.45, 7) is 1.80. The number of halogens is 7. The molecule has 0 saturated heterocycles. The molecule has 0 aliphatic carbocycles. The number of rotatable bonds is 6. The van der Waals surface area contributed by atoms with E-state index in [0.29, 0.717) is 36.6 Å². The topological polar surface area (TPSA) is 19.9 Å². The molecule has 0 atom stereocenters. The molecule has 0 bridgehead atoms. The largest absolute Gasteiger partial charge is 0.289 e. The van der Waals surface area contributed by atoms with Gasteiger partial charge in [0.05, 0.1) is 11.1 Å². The lowest BCUT2D eigenvalue weighted by atomic mass is 9.94. The van der Waals surface area contributed by atoms with Crippen molar-refractivity contribution in [1.82, 2.24) is 0 Å². The molecular weight excluding hydrogens is 425 g/mol. The number of hydrogen-bond donors (Lipinski definition) is 0. The first-order valence-corrected chi connectivity index (χ1v) is 9.43. The molecule has 0 amide bonds. The summed E-state index contributed by atoms with van der Waals surface area (Å²) in [5, 5.41) is 12.2. The second kappa shape index (κ2) is 8.99. The van der Waals surface area contributed by atoms with E-state index in [1.54, 1.807) is 6.92 Å². The van der Waals surface area contributed by atoms with E-state index in [-0.39, 0.29) is 12.0 Å². The molecule has 0 aromatic heterocycles. The quantitative estimate of drug-likeness (QED) is 0.285. The van der Waals surface area contributed by atoms with Crippen molar-refractivity contribution in [3.63, 3.8) is 0 Å². The van der Waals surface area contributed by atoms with Gasteiger partial charge in [-0.3, -0.25) is 5.11 Å². The first-order chi connectivity index (χ1) is 14.6. The summed E-state index contributed by atoms with van der Waals surface area (Å²) >= 11 is 0. The summed E-state index contributed by atoms with van der Waals surface area (Å²) in [6, 6.07) is 3.70. The molecule has 163 valence electrons. The van der Waals surface area contributed by atoms with Crippen LogP contribution in [0.5, 0.6) is 5.75 Å². The Labute approximate surface area is 173 Å². The van der Waals surface area contributed by atoms with Crippen molar-refractivity contribution in [1.29, 1.82) is 0 Å². The van der Waals surface area contributed by atoms with Gasteiger partial charge in [0, 0.05) is 11.6 Å². The minimum atomic E-state index is -1.68. The minimum Gasteiger partial charge on any atom is -0.289 e. The standard InChI is InChI=1S/C23H16F7O/c1-2-3-11-6-15(25)20(16(26)7-11)21-19(31)10-14(24)13(22(21)29)5-4-12-8-17(27)23(30)18(28)9-12/h6-10H,2-5H2,1H3. The predicted molar refractivity (Wildman–Crippen MR) is 99.6 cm³/mol. The molecule has 3 aromatic carbocycles. The second-order valence-corrected chi connectivity index (χ2v) is 7.08. The molecule has 0 N–H and O–H groups in total. The fourth-order valence-electron chi connectivity index (χ4n) is 3.42. The zero-order chi connectivity index (χ0) is 22.9. The van der Waals surface area contributed by atoms with Crippen LogP contribution in [0.3, 0.4) is 0 Å². The smallest absolute Gasteiger partial charge is 0.194 e. The lowest BCUT2D eigenvalue weighted by Crippen LogP contribution is -2.04. The SMILES string of the molecule is CCCc1cc(F)c(-c2c([O])cc(F)c(CCc3cc(F)c(F)c(F)c3)c2F)c(F)c1. The summed E-state index contributed by atoms with van der Waals surface area (Å²) in [4.78, 5) is 0. The molecule has 31 heavy (non-hydrogen) atoms. The van der Waals surface area contributed by atoms with Crippen LogP contribution >= 0.6 is 0 Å². The Kier molecular flexibility index (Phi) is 6.57. The van der Waals surface area contributed by atoms with Gasteiger partial charge in [0.15, 0.2) is 23.2 Å². The van der Waals surface area contributed by atoms with E-state index in [2.05, 4.69) is 0 Å². The summed E-state index contributed by atoms with van der Waals surface area (Å²) in [6.07, 6.45) is 0.150. The van der Waals surface area contributed by atoms with Crippen molar-refractivity contribution in [2.75, 3.05) is 0 Å². The molecule has 3 aromatic rings. The van der Waals surface area contributed by atoms with E-state index < -0.39 is 69.6 Å². The van der Waals surface area contributed by atoms with Gasteiger partial charge in [-0.15, -0.1) is 0 Å². The third-order valence-electron chi connectivity index (χ3n) is 4.87. The average Bonchev–Trinajstić information content (AvgIpc) is 2.68. The van der Waals surface area contributed by atoms with E-state index in [9.17, 15) is 31.4 Å². The van der Waals surface area contributed by atoms with E-state index in [4.69, 9.17) is 0 Å². The Morgan fingerprint density at radius 2 is 1.10 bits per heavy atom. The first-order valence-electron chi connectivity index (χ1n) is 9.43. The molecule has 0 saturated carbocycles. The third-order valence-corrected chi connectivity index (χ3v) is 4.87. The number of hydrogen-bond acceptors (Lipinski definition) is 0. The molecule has 1 nitrogen and oxygen atoms in total. The van der Waals surface area contributed by atoms with Crippen LogP contribution in [-0.2, 0) is 24.4 Å². The number of aryl methyl sites for hydroxylation is 2. The highest BCUT2D eigenvalue weighted by Crippen LogP contribution is 2.39. The van der Waals surface area contributed by atoms with Gasteiger partial charge >= 0.3 is 0 Å². The molecule has 0 spiro atoms. The predicted octanol–water partition coefficient (Wildman–Crippen LogP) is 7.21. The van der Waals surface area contributed by atoms with Crippen LogP contribution in [0.2, 0.25) is 0 Å². The fourth-order valence-corrected chi connectivity index (χ4v) is 3.42. The van der Waals surface area contributed by atoms with E-state index in [1.807, 2.05) is 0 Å². The van der Waals surface area contributed by atoms with Crippen molar-refractivity contribution < 1.29 is 35.8 Å². The summed E-state index contributed by atoms with van der Waals surface area (Å²) in [5.41, 5.74) is -2.34. The lowest BCUT2D eigenvalue weighted by Gasteiger charge is -2.13. The van der Waals surface area contributed by atoms with Crippen LogP contribution in [0.15, 0.2) is 30.3 Å². The molecule has 0 aliphatic heterocycles. The maximum Gasteiger partial charge on any atom is 0.194 e. The van der Waals surface area contributed by atoms with Crippen molar-refractivity contribution >= 4 is 0 Å². The molecule has 0 fully saturated rings. The van der Waals surface area contributed by atoms with E-state index in [0.717, 1.165) is 12.1 Å².